The van der Waals surface area contributed by atoms with Crippen molar-refractivity contribution in [2.24, 2.45) is 0 Å². The predicted octanol–water partition coefficient (Wildman–Crippen LogP) is 4.36. The molecule has 1 aromatic carbocycles. The van der Waals surface area contributed by atoms with Crippen molar-refractivity contribution in [3.63, 3.8) is 0 Å². The number of pyridine rings is 2. The lowest BCUT2D eigenvalue weighted by Gasteiger charge is -2.17. The van der Waals surface area contributed by atoms with Crippen LogP contribution in [-0.4, -0.2) is 29.7 Å². The van der Waals surface area contributed by atoms with Crippen LogP contribution in [0.15, 0.2) is 54.6 Å². The number of halogens is 1. The monoisotopic (exact) mass is 393 g/mol. The summed E-state index contributed by atoms with van der Waals surface area (Å²) in [4.78, 5) is 9.38. The molecule has 0 aliphatic carbocycles. The second-order valence-electron chi connectivity index (χ2n) is 6.83. The van der Waals surface area contributed by atoms with E-state index < -0.39 is 0 Å². The van der Waals surface area contributed by atoms with Crippen LogP contribution in [0.3, 0.4) is 0 Å². The molecule has 5 nitrogen and oxygen atoms in total. The van der Waals surface area contributed by atoms with Crippen molar-refractivity contribution < 1.29 is 0 Å². The van der Waals surface area contributed by atoms with Gasteiger partial charge in [0.1, 0.15) is 11.6 Å². The molecule has 0 bridgehead atoms. The van der Waals surface area contributed by atoms with Crippen LogP contribution in [0.5, 0.6) is 0 Å². The highest BCUT2D eigenvalue weighted by Crippen LogP contribution is 2.26. The van der Waals surface area contributed by atoms with E-state index in [1.807, 2.05) is 42.5 Å². The van der Waals surface area contributed by atoms with Crippen molar-refractivity contribution in [3.05, 3.63) is 70.9 Å². The normalized spacial score (nSPS) is 12.9. The van der Waals surface area contributed by atoms with E-state index in [4.69, 9.17) is 16.6 Å². The third kappa shape index (κ3) is 4.61. The summed E-state index contributed by atoms with van der Waals surface area (Å²) in [6.45, 7) is 2.51. The average Bonchev–Trinajstić information content (AvgIpc) is 2.74. The molecular weight excluding hydrogens is 370 g/mol. The summed E-state index contributed by atoms with van der Waals surface area (Å²) in [6.07, 6.45) is 3.20. The van der Waals surface area contributed by atoms with Crippen LogP contribution in [0.4, 0.5) is 11.6 Å². The lowest BCUT2D eigenvalue weighted by atomic mass is 10.1. The number of hydrogen-bond acceptors (Lipinski definition) is 5. The minimum atomic E-state index is 0.641. The summed E-state index contributed by atoms with van der Waals surface area (Å²) in [5.41, 5.74) is 4.24. The lowest BCUT2D eigenvalue weighted by Crippen LogP contribution is -2.25. The Balaban J connectivity index is 1.27. The first-order chi connectivity index (χ1) is 13.8. The van der Waals surface area contributed by atoms with Crippen LogP contribution in [0.1, 0.15) is 17.7 Å². The maximum absolute atomic E-state index is 6.28. The second-order valence-corrected chi connectivity index (χ2v) is 7.24. The Morgan fingerprint density at radius 1 is 1.00 bits per heavy atom. The topological polar surface area (TPSA) is 61.9 Å². The molecule has 3 N–H and O–H groups in total. The SMILES string of the molecule is Clc1ccccc1-c1cccc(NCNCCc2ccc3c(n2)NCCC3)n1. The van der Waals surface area contributed by atoms with Gasteiger partial charge in [-0.25, -0.2) is 9.97 Å². The largest absolute Gasteiger partial charge is 0.370 e. The van der Waals surface area contributed by atoms with Crippen molar-refractivity contribution in [1.82, 2.24) is 15.3 Å². The number of rotatable bonds is 7. The van der Waals surface area contributed by atoms with Crippen molar-refractivity contribution in [2.45, 2.75) is 19.3 Å². The molecule has 3 heterocycles. The summed E-state index contributed by atoms with van der Waals surface area (Å²) < 4.78 is 0. The number of fused-ring (bicyclic) bond motifs is 1. The van der Waals surface area contributed by atoms with Crippen LogP contribution >= 0.6 is 11.6 Å². The van der Waals surface area contributed by atoms with Gasteiger partial charge in [0.25, 0.3) is 0 Å². The second kappa shape index (κ2) is 9.04. The maximum Gasteiger partial charge on any atom is 0.129 e. The molecule has 1 aliphatic heterocycles. The van der Waals surface area contributed by atoms with Crippen LogP contribution in [0.2, 0.25) is 5.02 Å². The van der Waals surface area contributed by atoms with Gasteiger partial charge in [-0.1, -0.05) is 41.9 Å². The van der Waals surface area contributed by atoms with Crippen molar-refractivity contribution in [3.8, 4) is 11.3 Å². The highest BCUT2D eigenvalue weighted by Gasteiger charge is 2.10. The van der Waals surface area contributed by atoms with E-state index in [9.17, 15) is 0 Å². The molecule has 0 radical (unpaired) electrons. The molecule has 4 rings (SSSR count). The van der Waals surface area contributed by atoms with Crippen molar-refractivity contribution >= 4 is 23.2 Å². The zero-order valence-corrected chi connectivity index (χ0v) is 16.5. The Hall–Kier alpha value is -2.63. The van der Waals surface area contributed by atoms with Crippen LogP contribution in [0.25, 0.3) is 11.3 Å². The smallest absolute Gasteiger partial charge is 0.129 e. The van der Waals surface area contributed by atoms with Crippen molar-refractivity contribution in [1.29, 1.82) is 0 Å². The van der Waals surface area contributed by atoms with E-state index in [1.54, 1.807) is 0 Å². The first-order valence-electron chi connectivity index (χ1n) is 9.69. The molecule has 0 unspecified atom stereocenters. The molecule has 2 aromatic heterocycles. The standard InChI is InChI=1S/C22H24ClN5/c23-19-7-2-1-6-18(19)20-8-3-9-21(28-20)26-15-24-14-12-17-11-10-16-5-4-13-25-22(16)27-17/h1-3,6-11,24H,4-5,12-15H2,(H,25,27)(H,26,28). The minimum absolute atomic E-state index is 0.641. The summed E-state index contributed by atoms with van der Waals surface area (Å²) in [5, 5.41) is 10.8. The van der Waals surface area contributed by atoms with Crippen LogP contribution < -0.4 is 16.0 Å². The Morgan fingerprint density at radius 3 is 2.86 bits per heavy atom. The van der Waals surface area contributed by atoms with Gasteiger partial charge in [-0.2, -0.15) is 0 Å². The van der Waals surface area contributed by atoms with Gasteiger partial charge in [-0.15, -0.1) is 0 Å². The Bertz CT molecular complexity index is 944. The minimum Gasteiger partial charge on any atom is -0.370 e. The molecule has 0 saturated heterocycles. The molecule has 6 heteroatoms. The van der Waals surface area contributed by atoms with E-state index in [-0.39, 0.29) is 0 Å². The summed E-state index contributed by atoms with van der Waals surface area (Å²) in [6, 6.07) is 18.0. The zero-order chi connectivity index (χ0) is 19.2. The Kier molecular flexibility index (Phi) is 6.04. The van der Waals surface area contributed by atoms with E-state index in [0.717, 1.165) is 54.5 Å². The predicted molar refractivity (Wildman–Crippen MR) is 116 cm³/mol. The zero-order valence-electron chi connectivity index (χ0n) is 15.7. The molecule has 0 amide bonds. The number of benzene rings is 1. The summed E-state index contributed by atoms with van der Waals surface area (Å²) >= 11 is 6.28. The number of aromatic nitrogens is 2. The van der Waals surface area contributed by atoms with Gasteiger partial charge >= 0.3 is 0 Å². The number of hydrogen-bond donors (Lipinski definition) is 3. The molecule has 0 atom stereocenters. The molecule has 28 heavy (non-hydrogen) atoms. The third-order valence-electron chi connectivity index (χ3n) is 4.80. The number of anilines is 2. The van der Waals surface area contributed by atoms with E-state index >= 15 is 0 Å². The van der Waals surface area contributed by atoms with Gasteiger partial charge in [0.05, 0.1) is 12.4 Å². The fourth-order valence-corrected chi connectivity index (χ4v) is 3.55. The Labute approximate surface area is 170 Å². The van der Waals surface area contributed by atoms with Crippen molar-refractivity contribution in [2.75, 3.05) is 30.4 Å². The first-order valence-corrected chi connectivity index (χ1v) is 10.1. The fraction of sp³-hybridized carbons (Fsp3) is 0.273. The van der Waals surface area contributed by atoms with E-state index in [1.165, 1.54) is 12.0 Å². The molecule has 3 aromatic rings. The van der Waals surface area contributed by atoms with Crippen LogP contribution in [0, 0.1) is 0 Å². The van der Waals surface area contributed by atoms with Gasteiger partial charge in [-0.3, -0.25) is 5.32 Å². The molecule has 0 fully saturated rings. The average molecular weight is 394 g/mol. The van der Waals surface area contributed by atoms with E-state index in [2.05, 4.69) is 33.1 Å². The van der Waals surface area contributed by atoms with Crippen LogP contribution in [-0.2, 0) is 12.8 Å². The van der Waals surface area contributed by atoms with Gasteiger partial charge in [0.15, 0.2) is 0 Å². The molecule has 144 valence electrons. The quantitative estimate of drug-likeness (QED) is 0.411. The van der Waals surface area contributed by atoms with Gasteiger partial charge in [0.2, 0.25) is 0 Å². The fourth-order valence-electron chi connectivity index (χ4n) is 3.32. The Morgan fingerprint density at radius 2 is 1.93 bits per heavy atom. The van der Waals surface area contributed by atoms with Gasteiger partial charge < -0.3 is 10.6 Å². The maximum atomic E-state index is 6.28. The molecular formula is C22H24ClN5. The number of nitrogens with zero attached hydrogens (tertiary/aromatic N) is 2. The highest BCUT2D eigenvalue weighted by atomic mass is 35.5. The molecule has 1 aliphatic rings. The molecule has 0 saturated carbocycles. The highest BCUT2D eigenvalue weighted by molar-refractivity contribution is 6.33. The van der Waals surface area contributed by atoms with Gasteiger partial charge in [-0.05, 0) is 42.7 Å². The number of nitrogens with one attached hydrogen (secondary N) is 3. The molecule has 0 spiro atoms. The van der Waals surface area contributed by atoms with Gasteiger partial charge in [0, 0.05) is 35.8 Å². The lowest BCUT2D eigenvalue weighted by molar-refractivity contribution is 0.710. The summed E-state index contributed by atoms with van der Waals surface area (Å²) in [7, 11) is 0. The van der Waals surface area contributed by atoms with E-state index in [0.29, 0.717) is 11.7 Å². The number of aryl methyl sites for hydroxylation is 1. The first kappa shape index (κ1) is 18.7. The third-order valence-corrected chi connectivity index (χ3v) is 5.13. The summed E-state index contributed by atoms with van der Waals surface area (Å²) in [5.74, 6) is 1.88.